The van der Waals surface area contributed by atoms with Crippen LogP contribution in [0.4, 0.5) is 13.2 Å². The van der Waals surface area contributed by atoms with Crippen molar-refractivity contribution in [2.24, 2.45) is 5.41 Å². The van der Waals surface area contributed by atoms with Gasteiger partial charge in [0.1, 0.15) is 0 Å². The van der Waals surface area contributed by atoms with Crippen LogP contribution < -0.4 is 5.32 Å². The molecule has 8 heteroatoms. The summed E-state index contributed by atoms with van der Waals surface area (Å²) in [5, 5.41) is 2.45. The summed E-state index contributed by atoms with van der Waals surface area (Å²) < 4.78 is 51.4. The van der Waals surface area contributed by atoms with Crippen molar-refractivity contribution in [2.75, 3.05) is 46.6 Å². The number of nitrogens with one attached hydrogen (secondary N) is 1. The zero-order chi connectivity index (χ0) is 19.8. The second-order valence-electron chi connectivity index (χ2n) is 6.74. The number of methoxy groups -OCH3 is 1. The van der Waals surface area contributed by atoms with E-state index in [1.54, 1.807) is 12.0 Å². The normalized spacial score (nSPS) is 20.7. The van der Waals surface area contributed by atoms with E-state index in [1.807, 2.05) is 30.3 Å². The fraction of sp³-hybridized carbons (Fsp3) is 0.632. The number of hydrogen-bond acceptors (Lipinski definition) is 4. The highest BCUT2D eigenvalue weighted by molar-refractivity contribution is 5.84. The average molecular weight is 388 g/mol. The molecule has 0 spiro atoms. The van der Waals surface area contributed by atoms with Crippen LogP contribution in [0.1, 0.15) is 18.4 Å². The van der Waals surface area contributed by atoms with Gasteiger partial charge in [0.05, 0.1) is 13.2 Å². The third-order valence-corrected chi connectivity index (χ3v) is 4.76. The van der Waals surface area contributed by atoms with Crippen molar-refractivity contribution in [1.82, 2.24) is 10.2 Å². The summed E-state index contributed by atoms with van der Waals surface area (Å²) in [7, 11) is 1.56. The van der Waals surface area contributed by atoms with Crippen molar-refractivity contribution in [3.63, 3.8) is 0 Å². The summed E-state index contributed by atoms with van der Waals surface area (Å²) in [4.78, 5) is 14.1. The first-order valence-electron chi connectivity index (χ1n) is 9.07. The number of carbonyl (C=O) groups is 1. The number of ether oxygens (including phenoxy) is 2. The summed E-state index contributed by atoms with van der Waals surface area (Å²) in [6.07, 6.45) is -4.35. The van der Waals surface area contributed by atoms with Gasteiger partial charge >= 0.3 is 6.18 Å². The molecule has 27 heavy (non-hydrogen) atoms. The van der Waals surface area contributed by atoms with E-state index in [2.05, 4.69) is 5.32 Å². The summed E-state index contributed by atoms with van der Waals surface area (Å²) in [6.45, 7) is 1.72. The van der Waals surface area contributed by atoms with Gasteiger partial charge in [0.2, 0.25) is 5.91 Å². The van der Waals surface area contributed by atoms with Crippen LogP contribution in [0, 0.1) is 5.41 Å². The standard InChI is InChI=1S/C19H27F3N2O3/c1-26-12-13-27-11-5-9-23-17(25)18(19(20,21)22)8-10-24(15-18)14-16-6-3-2-4-7-16/h2-4,6-7H,5,8-15H2,1H3,(H,23,25). The molecule has 2 rings (SSSR count). The summed E-state index contributed by atoms with van der Waals surface area (Å²) in [6, 6.07) is 9.31. The average Bonchev–Trinajstić information content (AvgIpc) is 3.07. The lowest BCUT2D eigenvalue weighted by Crippen LogP contribution is -2.52. The number of rotatable bonds is 10. The summed E-state index contributed by atoms with van der Waals surface area (Å²) in [5.41, 5.74) is -1.41. The fourth-order valence-electron chi connectivity index (χ4n) is 3.20. The van der Waals surface area contributed by atoms with Crippen molar-refractivity contribution in [2.45, 2.75) is 25.6 Å². The first-order valence-corrected chi connectivity index (χ1v) is 9.07. The van der Waals surface area contributed by atoms with Crippen molar-refractivity contribution in [3.8, 4) is 0 Å². The van der Waals surface area contributed by atoms with Crippen LogP contribution in [0.5, 0.6) is 0 Å². The number of carbonyl (C=O) groups excluding carboxylic acids is 1. The maximum absolute atomic E-state index is 13.8. The minimum absolute atomic E-state index is 0.155. The van der Waals surface area contributed by atoms with Crippen molar-refractivity contribution < 1.29 is 27.4 Å². The molecule has 1 aromatic carbocycles. The van der Waals surface area contributed by atoms with Crippen molar-refractivity contribution in [3.05, 3.63) is 35.9 Å². The van der Waals surface area contributed by atoms with Crippen LogP contribution in [0.2, 0.25) is 0 Å². The maximum atomic E-state index is 13.8. The predicted octanol–water partition coefficient (Wildman–Crippen LogP) is 2.61. The lowest BCUT2D eigenvalue weighted by Gasteiger charge is -2.30. The molecule has 1 N–H and O–H groups in total. The Morgan fingerprint density at radius 3 is 2.63 bits per heavy atom. The molecular formula is C19H27F3N2O3. The summed E-state index contributed by atoms with van der Waals surface area (Å²) >= 11 is 0. The Kier molecular flexibility index (Phi) is 8.07. The fourth-order valence-corrected chi connectivity index (χ4v) is 3.20. The van der Waals surface area contributed by atoms with E-state index in [1.165, 1.54) is 0 Å². The molecule has 0 aliphatic carbocycles. The molecule has 0 bridgehead atoms. The molecule has 1 aromatic rings. The monoisotopic (exact) mass is 388 g/mol. The Morgan fingerprint density at radius 2 is 1.96 bits per heavy atom. The van der Waals surface area contributed by atoms with Gasteiger partial charge in [-0.15, -0.1) is 0 Å². The third kappa shape index (κ3) is 5.92. The predicted molar refractivity (Wildman–Crippen MR) is 95.1 cm³/mol. The molecule has 0 radical (unpaired) electrons. The van der Waals surface area contributed by atoms with Gasteiger partial charge in [-0.05, 0) is 24.9 Å². The molecule has 152 valence electrons. The highest BCUT2D eigenvalue weighted by Crippen LogP contribution is 2.46. The van der Waals surface area contributed by atoms with Crippen molar-refractivity contribution >= 4 is 5.91 Å². The molecule has 1 amide bonds. The Bertz CT molecular complexity index is 583. The third-order valence-electron chi connectivity index (χ3n) is 4.76. The Labute approximate surface area is 157 Å². The number of nitrogens with zero attached hydrogens (tertiary/aromatic N) is 1. The van der Waals surface area contributed by atoms with Crippen molar-refractivity contribution in [1.29, 1.82) is 0 Å². The van der Waals surface area contributed by atoms with E-state index in [9.17, 15) is 18.0 Å². The van der Waals surface area contributed by atoms with Crippen LogP contribution in [0.25, 0.3) is 0 Å². The highest BCUT2D eigenvalue weighted by atomic mass is 19.4. The Balaban J connectivity index is 1.88. The van der Waals surface area contributed by atoms with E-state index < -0.39 is 17.5 Å². The summed E-state index contributed by atoms with van der Waals surface area (Å²) in [5.74, 6) is -0.942. The van der Waals surface area contributed by atoms with Gasteiger partial charge in [-0.25, -0.2) is 0 Å². The molecule has 5 nitrogen and oxygen atoms in total. The lowest BCUT2D eigenvalue weighted by molar-refractivity contribution is -0.218. The largest absolute Gasteiger partial charge is 0.404 e. The van der Waals surface area contributed by atoms with Gasteiger partial charge < -0.3 is 14.8 Å². The van der Waals surface area contributed by atoms with E-state index in [-0.39, 0.29) is 26.1 Å². The first kappa shape index (κ1) is 21.7. The molecular weight excluding hydrogens is 361 g/mol. The van der Waals surface area contributed by atoms with Crippen LogP contribution in [0.3, 0.4) is 0 Å². The zero-order valence-electron chi connectivity index (χ0n) is 15.6. The number of likely N-dealkylation sites (tertiary alicyclic amines) is 1. The lowest BCUT2D eigenvalue weighted by atomic mass is 9.85. The number of amides is 1. The minimum Gasteiger partial charge on any atom is -0.382 e. The molecule has 0 aromatic heterocycles. The van der Waals surface area contributed by atoms with Gasteiger partial charge in [0.25, 0.3) is 0 Å². The number of hydrogen-bond donors (Lipinski definition) is 1. The van der Waals surface area contributed by atoms with Crippen LogP contribution >= 0.6 is 0 Å². The van der Waals surface area contributed by atoms with Gasteiger partial charge in [-0.2, -0.15) is 13.2 Å². The molecule has 1 aliphatic heterocycles. The topological polar surface area (TPSA) is 50.8 Å². The quantitative estimate of drug-likeness (QED) is 0.626. The number of benzene rings is 1. The Morgan fingerprint density at radius 1 is 1.22 bits per heavy atom. The molecule has 1 aliphatic rings. The SMILES string of the molecule is COCCOCCCNC(=O)C1(C(F)(F)F)CCN(Cc2ccccc2)C1. The molecule has 1 atom stereocenters. The van der Waals surface area contributed by atoms with Crippen LogP contribution in [-0.4, -0.2) is 63.5 Å². The van der Waals surface area contributed by atoms with Gasteiger partial charge in [-0.1, -0.05) is 30.3 Å². The zero-order valence-corrected chi connectivity index (χ0v) is 15.6. The number of halogens is 3. The second kappa shape index (κ2) is 10.1. The van der Waals surface area contributed by atoms with Gasteiger partial charge in [0, 0.05) is 33.4 Å². The van der Waals surface area contributed by atoms with Gasteiger partial charge in [0.15, 0.2) is 5.41 Å². The first-order chi connectivity index (χ1) is 12.9. The molecule has 1 saturated heterocycles. The van der Waals surface area contributed by atoms with Crippen LogP contribution in [0.15, 0.2) is 30.3 Å². The molecule has 1 unspecified atom stereocenters. The number of alkyl halides is 3. The highest BCUT2D eigenvalue weighted by Gasteiger charge is 2.62. The van der Waals surface area contributed by atoms with Crippen LogP contribution in [-0.2, 0) is 20.8 Å². The van der Waals surface area contributed by atoms with Gasteiger partial charge in [-0.3, -0.25) is 9.69 Å². The van der Waals surface area contributed by atoms with E-state index in [0.29, 0.717) is 32.8 Å². The van der Waals surface area contributed by atoms with E-state index in [0.717, 1.165) is 5.56 Å². The minimum atomic E-state index is -4.59. The second-order valence-corrected chi connectivity index (χ2v) is 6.74. The Hall–Kier alpha value is -1.64. The smallest absolute Gasteiger partial charge is 0.382 e. The van der Waals surface area contributed by atoms with E-state index in [4.69, 9.17) is 9.47 Å². The molecule has 0 saturated carbocycles. The molecule has 1 fully saturated rings. The maximum Gasteiger partial charge on any atom is 0.404 e. The van der Waals surface area contributed by atoms with E-state index >= 15 is 0 Å². The molecule has 1 heterocycles.